The summed E-state index contributed by atoms with van der Waals surface area (Å²) in [4.78, 5) is 14.6. The minimum atomic E-state index is -0.115. The summed E-state index contributed by atoms with van der Waals surface area (Å²) in [6.45, 7) is 16.5. The first kappa shape index (κ1) is 31.1. The second-order valence-corrected chi connectivity index (χ2v) is 12.0. The Balaban J connectivity index is 1.68. The van der Waals surface area contributed by atoms with E-state index in [2.05, 4.69) is 141 Å². The van der Waals surface area contributed by atoms with Crippen molar-refractivity contribution in [2.24, 2.45) is 5.73 Å². The first-order chi connectivity index (χ1) is 20.2. The number of nitrogens with two attached hydrogens (primary N) is 1. The Morgan fingerprint density at radius 3 is 2.45 bits per heavy atom. The predicted molar refractivity (Wildman–Crippen MR) is 176 cm³/mol. The number of rotatable bonds is 10. The highest BCUT2D eigenvalue weighted by Crippen LogP contribution is 2.47. The standard InChI is InChI=1S/C37H46N4O/c1-7-40-31-19-12-10-17-29(31)36(3,4)33(40)24-22-28(16-9-14-21-35(42)39-27-15-26-38)23-25-34-37(5,6)30-18-11-13-20-32(30)41(34)8-2/h10-13,17-20,22-25H,7-8,14-15,21,26-27,38H2,1-6H3/p+1. The molecule has 0 saturated heterocycles. The molecule has 2 aromatic rings. The second-order valence-electron chi connectivity index (χ2n) is 12.0. The Bertz CT molecular complexity index is 1490. The lowest BCUT2D eigenvalue weighted by atomic mass is 9.81. The van der Waals surface area contributed by atoms with E-state index in [1.165, 1.54) is 33.9 Å². The number of carbonyl (C=O) groups is 1. The van der Waals surface area contributed by atoms with Crippen LogP contribution in [0.15, 0.2) is 84.1 Å². The zero-order chi connectivity index (χ0) is 30.3. The van der Waals surface area contributed by atoms with E-state index in [9.17, 15) is 4.79 Å². The third-order valence-corrected chi connectivity index (χ3v) is 8.49. The third-order valence-electron chi connectivity index (χ3n) is 8.49. The van der Waals surface area contributed by atoms with Crippen molar-refractivity contribution in [1.29, 1.82) is 0 Å². The number of anilines is 1. The maximum Gasteiger partial charge on any atom is 0.220 e. The minimum Gasteiger partial charge on any atom is -0.356 e. The van der Waals surface area contributed by atoms with Crippen molar-refractivity contribution in [2.75, 3.05) is 31.1 Å². The lowest BCUT2D eigenvalue weighted by Gasteiger charge is -2.25. The van der Waals surface area contributed by atoms with E-state index in [4.69, 9.17) is 5.73 Å². The Morgan fingerprint density at radius 1 is 1.02 bits per heavy atom. The van der Waals surface area contributed by atoms with E-state index in [-0.39, 0.29) is 16.7 Å². The molecular formula is C37H47N4O+. The van der Waals surface area contributed by atoms with E-state index in [1.807, 2.05) is 0 Å². The van der Waals surface area contributed by atoms with Crippen LogP contribution in [-0.2, 0) is 15.6 Å². The van der Waals surface area contributed by atoms with Crippen molar-refractivity contribution in [1.82, 2.24) is 5.32 Å². The molecule has 0 spiro atoms. The number of nitrogens with zero attached hydrogens (tertiary/aromatic N) is 2. The molecule has 2 aliphatic heterocycles. The molecule has 5 nitrogen and oxygen atoms in total. The first-order valence-electron chi connectivity index (χ1n) is 15.3. The number of para-hydroxylation sites is 2. The second kappa shape index (κ2) is 13.4. The normalized spacial score (nSPS) is 17.8. The highest BCUT2D eigenvalue weighted by Gasteiger charge is 2.43. The zero-order valence-corrected chi connectivity index (χ0v) is 26.3. The summed E-state index contributed by atoms with van der Waals surface area (Å²) < 4.78 is 2.40. The Hall–Kier alpha value is -3.88. The van der Waals surface area contributed by atoms with Crippen LogP contribution in [0.3, 0.4) is 0 Å². The van der Waals surface area contributed by atoms with Crippen molar-refractivity contribution in [3.63, 3.8) is 0 Å². The van der Waals surface area contributed by atoms with Crippen molar-refractivity contribution in [2.45, 2.75) is 71.6 Å². The number of hydrogen-bond acceptors (Lipinski definition) is 3. The lowest BCUT2D eigenvalue weighted by Crippen LogP contribution is -2.27. The van der Waals surface area contributed by atoms with Crippen LogP contribution in [0, 0.1) is 11.8 Å². The highest BCUT2D eigenvalue weighted by molar-refractivity contribution is 6.03. The molecule has 0 bridgehead atoms. The van der Waals surface area contributed by atoms with E-state index in [0.29, 0.717) is 25.9 Å². The molecule has 5 heteroatoms. The molecule has 0 aromatic heterocycles. The summed E-state index contributed by atoms with van der Waals surface area (Å²) in [5.74, 6) is 6.66. The van der Waals surface area contributed by atoms with Crippen LogP contribution in [0.2, 0.25) is 0 Å². The van der Waals surface area contributed by atoms with Gasteiger partial charge < -0.3 is 16.0 Å². The molecule has 1 amide bonds. The van der Waals surface area contributed by atoms with Crippen LogP contribution in [-0.4, -0.2) is 42.4 Å². The average molecular weight is 564 g/mol. The molecule has 2 heterocycles. The molecule has 0 atom stereocenters. The number of benzene rings is 2. The summed E-state index contributed by atoms with van der Waals surface area (Å²) in [5, 5.41) is 2.92. The van der Waals surface area contributed by atoms with E-state index < -0.39 is 0 Å². The summed E-state index contributed by atoms with van der Waals surface area (Å²) in [5.41, 5.74) is 14.0. The largest absolute Gasteiger partial charge is 0.356 e. The molecule has 0 fully saturated rings. The van der Waals surface area contributed by atoms with Gasteiger partial charge in [-0.3, -0.25) is 4.79 Å². The fourth-order valence-electron chi connectivity index (χ4n) is 6.20. The molecule has 220 valence electrons. The Labute approximate surface area is 252 Å². The van der Waals surface area contributed by atoms with Crippen LogP contribution < -0.4 is 16.0 Å². The fraction of sp³-hybridized carbons (Fsp3) is 0.405. The van der Waals surface area contributed by atoms with Gasteiger partial charge in [0.15, 0.2) is 5.71 Å². The summed E-state index contributed by atoms with van der Waals surface area (Å²) in [6, 6.07) is 17.4. The van der Waals surface area contributed by atoms with Gasteiger partial charge in [-0.1, -0.05) is 62.1 Å². The highest BCUT2D eigenvalue weighted by atomic mass is 16.1. The van der Waals surface area contributed by atoms with Gasteiger partial charge in [-0.05, 0) is 70.5 Å². The van der Waals surface area contributed by atoms with Crippen LogP contribution in [0.1, 0.15) is 71.9 Å². The number of nitrogens with one attached hydrogen (secondary N) is 1. The molecule has 3 N–H and O–H groups in total. The lowest BCUT2D eigenvalue weighted by molar-refractivity contribution is -0.433. The van der Waals surface area contributed by atoms with Gasteiger partial charge in [0.1, 0.15) is 6.54 Å². The van der Waals surface area contributed by atoms with Crippen molar-refractivity contribution < 1.29 is 9.37 Å². The molecule has 2 aromatic carbocycles. The van der Waals surface area contributed by atoms with Crippen LogP contribution >= 0.6 is 0 Å². The molecule has 0 saturated carbocycles. The van der Waals surface area contributed by atoms with Crippen molar-refractivity contribution in [3.05, 3.63) is 95.2 Å². The maximum atomic E-state index is 12.2. The number of hydrogen-bond donors (Lipinski definition) is 2. The quantitative estimate of drug-likeness (QED) is 0.150. The number of amides is 1. The molecule has 4 rings (SSSR count). The van der Waals surface area contributed by atoms with Gasteiger partial charge in [0.2, 0.25) is 11.6 Å². The van der Waals surface area contributed by atoms with Crippen molar-refractivity contribution >= 4 is 23.0 Å². The zero-order valence-electron chi connectivity index (χ0n) is 26.3. The summed E-state index contributed by atoms with van der Waals surface area (Å²) in [7, 11) is 0. The molecule has 0 unspecified atom stereocenters. The van der Waals surface area contributed by atoms with Gasteiger partial charge in [-0.15, -0.1) is 0 Å². The Morgan fingerprint density at radius 2 is 1.74 bits per heavy atom. The molecule has 0 radical (unpaired) electrons. The van der Waals surface area contributed by atoms with Gasteiger partial charge in [0.05, 0.1) is 5.41 Å². The van der Waals surface area contributed by atoms with E-state index in [1.54, 1.807) is 0 Å². The van der Waals surface area contributed by atoms with E-state index >= 15 is 0 Å². The minimum absolute atomic E-state index is 0.0182. The number of allylic oxidation sites excluding steroid dienone is 6. The third kappa shape index (κ3) is 6.30. The summed E-state index contributed by atoms with van der Waals surface area (Å²) >= 11 is 0. The van der Waals surface area contributed by atoms with Crippen LogP contribution in [0.25, 0.3) is 0 Å². The molecular weight excluding hydrogens is 516 g/mol. The predicted octanol–water partition coefficient (Wildman–Crippen LogP) is 6.52. The smallest absolute Gasteiger partial charge is 0.220 e. The maximum absolute atomic E-state index is 12.2. The van der Waals surface area contributed by atoms with Gasteiger partial charge in [-0.2, -0.15) is 4.58 Å². The van der Waals surface area contributed by atoms with Gasteiger partial charge in [0.25, 0.3) is 0 Å². The fourth-order valence-corrected chi connectivity index (χ4v) is 6.20. The monoisotopic (exact) mass is 563 g/mol. The van der Waals surface area contributed by atoms with Gasteiger partial charge in [-0.25, -0.2) is 0 Å². The SMILES string of the molecule is CCN1/C(=C/C=C(C#CCCC(=O)NCCCN)/C=C/C2=[N+](CC)c3ccccc3C2(C)C)C(C)(C)c2ccccc21. The van der Waals surface area contributed by atoms with Gasteiger partial charge in [0, 0.05) is 66.0 Å². The van der Waals surface area contributed by atoms with E-state index in [0.717, 1.165) is 25.1 Å². The Kier molecular flexibility index (Phi) is 9.91. The molecule has 42 heavy (non-hydrogen) atoms. The van der Waals surface area contributed by atoms with Crippen LogP contribution in [0.5, 0.6) is 0 Å². The number of fused-ring (bicyclic) bond motifs is 2. The van der Waals surface area contributed by atoms with Crippen LogP contribution in [0.4, 0.5) is 11.4 Å². The number of carbonyl (C=O) groups excluding carboxylic acids is 1. The van der Waals surface area contributed by atoms with Crippen molar-refractivity contribution in [3.8, 4) is 11.8 Å². The molecule has 0 aliphatic carbocycles. The number of likely N-dealkylation sites (N-methyl/N-ethyl adjacent to an activating group) is 1. The average Bonchev–Trinajstić information content (AvgIpc) is 3.34. The first-order valence-corrected chi connectivity index (χ1v) is 15.3. The topological polar surface area (TPSA) is 61.4 Å². The molecule has 2 aliphatic rings. The van der Waals surface area contributed by atoms with Gasteiger partial charge >= 0.3 is 0 Å². The summed E-state index contributed by atoms with van der Waals surface area (Å²) in [6.07, 6.45) is 10.4.